The van der Waals surface area contributed by atoms with E-state index in [-0.39, 0.29) is 24.5 Å². The number of nitrogens with one attached hydrogen (secondary N) is 1. The lowest BCUT2D eigenvalue weighted by Gasteiger charge is -2.18. The van der Waals surface area contributed by atoms with Gasteiger partial charge in [0.2, 0.25) is 5.91 Å². The number of rotatable bonds is 5. The minimum absolute atomic E-state index is 0.108. The van der Waals surface area contributed by atoms with E-state index in [9.17, 15) is 9.59 Å². The first kappa shape index (κ1) is 16.0. The van der Waals surface area contributed by atoms with Gasteiger partial charge in [-0.15, -0.1) is 0 Å². The van der Waals surface area contributed by atoms with Gasteiger partial charge < -0.3 is 14.8 Å². The smallest absolute Gasteiger partial charge is 0.225 e. The lowest BCUT2D eigenvalue weighted by atomic mass is 10.1. The van der Waals surface area contributed by atoms with Gasteiger partial charge in [-0.05, 0) is 25.1 Å². The predicted octanol–water partition coefficient (Wildman–Crippen LogP) is 2.10. The fourth-order valence-corrected chi connectivity index (χ4v) is 2.52. The standard InChI is InChI=1S/C17H19N3O4/c1-11-9-16(20(2)19-11)18-17(22)6-4-13(21)12-3-5-14-15(10-12)24-8-7-23-14/h3,5,9-10H,4,6-8H2,1-2H3,(H,18,22). The molecule has 1 aliphatic heterocycles. The number of fused-ring (bicyclic) bond motifs is 1. The molecule has 1 aromatic carbocycles. The second-order valence-corrected chi connectivity index (χ2v) is 5.62. The molecule has 24 heavy (non-hydrogen) atoms. The Morgan fingerprint density at radius 3 is 2.62 bits per heavy atom. The molecule has 0 saturated heterocycles. The molecule has 0 radical (unpaired) electrons. The third-order valence-electron chi connectivity index (χ3n) is 3.71. The van der Waals surface area contributed by atoms with E-state index in [1.54, 1.807) is 36.0 Å². The fraction of sp³-hybridized carbons (Fsp3) is 0.353. The zero-order valence-electron chi connectivity index (χ0n) is 13.7. The summed E-state index contributed by atoms with van der Waals surface area (Å²) in [6, 6.07) is 6.86. The molecule has 2 aromatic rings. The van der Waals surface area contributed by atoms with Crippen LogP contribution in [0.5, 0.6) is 11.5 Å². The summed E-state index contributed by atoms with van der Waals surface area (Å²) in [5.74, 6) is 1.50. The predicted molar refractivity (Wildman–Crippen MR) is 87.6 cm³/mol. The molecule has 0 bridgehead atoms. The van der Waals surface area contributed by atoms with Crippen LogP contribution in [0.3, 0.4) is 0 Å². The molecule has 126 valence electrons. The fourth-order valence-electron chi connectivity index (χ4n) is 2.52. The number of hydrogen-bond acceptors (Lipinski definition) is 5. The van der Waals surface area contributed by atoms with Crippen molar-refractivity contribution >= 4 is 17.5 Å². The Labute approximate surface area is 139 Å². The molecule has 0 saturated carbocycles. The van der Waals surface area contributed by atoms with E-state index >= 15 is 0 Å². The number of nitrogens with zero attached hydrogens (tertiary/aromatic N) is 2. The van der Waals surface area contributed by atoms with Gasteiger partial charge in [0.05, 0.1) is 5.69 Å². The molecule has 1 N–H and O–H groups in total. The number of Topliss-reactive ketones (excluding diaryl/α,β-unsaturated/α-hetero) is 1. The van der Waals surface area contributed by atoms with Crippen molar-refractivity contribution in [1.82, 2.24) is 9.78 Å². The molecule has 1 aromatic heterocycles. The lowest BCUT2D eigenvalue weighted by Crippen LogP contribution is -2.17. The van der Waals surface area contributed by atoms with Crippen LogP contribution in [0, 0.1) is 6.92 Å². The van der Waals surface area contributed by atoms with Gasteiger partial charge in [-0.1, -0.05) is 0 Å². The third-order valence-corrected chi connectivity index (χ3v) is 3.71. The maximum Gasteiger partial charge on any atom is 0.225 e. The number of carbonyl (C=O) groups is 2. The van der Waals surface area contributed by atoms with Crippen molar-refractivity contribution in [1.29, 1.82) is 0 Å². The van der Waals surface area contributed by atoms with E-state index in [1.165, 1.54) is 0 Å². The van der Waals surface area contributed by atoms with Crippen LogP contribution in [0.2, 0.25) is 0 Å². The highest BCUT2D eigenvalue weighted by Gasteiger charge is 2.16. The average Bonchev–Trinajstić information content (AvgIpc) is 2.89. The van der Waals surface area contributed by atoms with Crippen LogP contribution in [-0.4, -0.2) is 34.7 Å². The summed E-state index contributed by atoms with van der Waals surface area (Å²) in [7, 11) is 1.75. The number of aryl methyl sites for hydroxylation is 2. The van der Waals surface area contributed by atoms with Gasteiger partial charge >= 0.3 is 0 Å². The van der Waals surface area contributed by atoms with Gasteiger partial charge in [-0.25, -0.2) is 0 Å². The largest absolute Gasteiger partial charge is 0.486 e. The Kier molecular flexibility index (Phi) is 4.50. The van der Waals surface area contributed by atoms with Crippen LogP contribution in [0.15, 0.2) is 24.3 Å². The molecule has 2 heterocycles. The monoisotopic (exact) mass is 329 g/mol. The van der Waals surface area contributed by atoms with E-state index in [0.717, 1.165) is 5.69 Å². The van der Waals surface area contributed by atoms with Gasteiger partial charge in [-0.3, -0.25) is 14.3 Å². The van der Waals surface area contributed by atoms with Gasteiger partial charge in [0.1, 0.15) is 19.0 Å². The minimum Gasteiger partial charge on any atom is -0.486 e. The van der Waals surface area contributed by atoms with E-state index < -0.39 is 0 Å². The zero-order chi connectivity index (χ0) is 17.1. The van der Waals surface area contributed by atoms with Crippen molar-refractivity contribution in [2.24, 2.45) is 7.05 Å². The van der Waals surface area contributed by atoms with E-state index in [2.05, 4.69) is 10.4 Å². The summed E-state index contributed by atoms with van der Waals surface area (Å²) < 4.78 is 12.5. The highest BCUT2D eigenvalue weighted by molar-refractivity contribution is 6.00. The molecule has 0 unspecified atom stereocenters. The normalized spacial score (nSPS) is 12.8. The number of amides is 1. The highest BCUT2D eigenvalue weighted by Crippen LogP contribution is 2.31. The molecular formula is C17H19N3O4. The molecule has 0 aliphatic carbocycles. The zero-order valence-corrected chi connectivity index (χ0v) is 13.7. The summed E-state index contributed by atoms with van der Waals surface area (Å²) in [5.41, 5.74) is 1.34. The van der Waals surface area contributed by atoms with E-state index in [0.29, 0.717) is 36.1 Å². The number of benzene rings is 1. The van der Waals surface area contributed by atoms with Gasteiger partial charge in [0.25, 0.3) is 0 Å². The van der Waals surface area contributed by atoms with Crippen LogP contribution < -0.4 is 14.8 Å². The van der Waals surface area contributed by atoms with Crippen LogP contribution in [0.25, 0.3) is 0 Å². The molecular weight excluding hydrogens is 310 g/mol. The van der Waals surface area contributed by atoms with Crippen molar-refractivity contribution in [2.75, 3.05) is 18.5 Å². The summed E-state index contributed by atoms with van der Waals surface area (Å²) in [4.78, 5) is 24.3. The van der Waals surface area contributed by atoms with Crippen molar-refractivity contribution in [3.63, 3.8) is 0 Å². The van der Waals surface area contributed by atoms with Crippen molar-refractivity contribution < 1.29 is 19.1 Å². The Morgan fingerprint density at radius 2 is 1.92 bits per heavy atom. The second-order valence-electron chi connectivity index (χ2n) is 5.62. The first-order chi connectivity index (χ1) is 11.5. The Bertz CT molecular complexity index is 782. The third kappa shape index (κ3) is 3.56. The number of hydrogen-bond donors (Lipinski definition) is 1. The Morgan fingerprint density at radius 1 is 1.17 bits per heavy atom. The summed E-state index contributed by atoms with van der Waals surface area (Å²) in [6.07, 6.45) is 0.236. The Hall–Kier alpha value is -2.83. The van der Waals surface area contributed by atoms with E-state index in [1.807, 2.05) is 6.92 Å². The van der Waals surface area contributed by atoms with Crippen LogP contribution in [-0.2, 0) is 11.8 Å². The number of carbonyl (C=O) groups excluding carboxylic acids is 2. The number of ketones is 1. The second kappa shape index (κ2) is 6.74. The van der Waals surface area contributed by atoms with Crippen LogP contribution in [0.1, 0.15) is 28.9 Å². The van der Waals surface area contributed by atoms with Crippen molar-refractivity contribution in [2.45, 2.75) is 19.8 Å². The van der Waals surface area contributed by atoms with Gasteiger partial charge in [-0.2, -0.15) is 5.10 Å². The minimum atomic E-state index is -0.219. The van der Waals surface area contributed by atoms with Crippen LogP contribution >= 0.6 is 0 Å². The molecule has 7 nitrogen and oxygen atoms in total. The van der Waals surface area contributed by atoms with Gasteiger partial charge in [0, 0.05) is 31.5 Å². The van der Waals surface area contributed by atoms with Crippen molar-refractivity contribution in [3.8, 4) is 11.5 Å². The number of aromatic nitrogens is 2. The molecule has 0 fully saturated rings. The summed E-state index contributed by atoms with van der Waals surface area (Å²) >= 11 is 0. The quantitative estimate of drug-likeness (QED) is 0.850. The number of ether oxygens (including phenoxy) is 2. The summed E-state index contributed by atoms with van der Waals surface area (Å²) in [5, 5.41) is 6.91. The molecule has 1 aliphatic rings. The van der Waals surface area contributed by atoms with E-state index in [4.69, 9.17) is 9.47 Å². The lowest BCUT2D eigenvalue weighted by molar-refractivity contribution is -0.116. The molecule has 0 spiro atoms. The SMILES string of the molecule is Cc1cc(NC(=O)CCC(=O)c2ccc3c(c2)OCCO3)n(C)n1. The first-order valence-corrected chi connectivity index (χ1v) is 7.76. The Balaban J connectivity index is 1.57. The molecule has 1 amide bonds. The molecule has 3 rings (SSSR count). The molecule has 7 heteroatoms. The topological polar surface area (TPSA) is 82.5 Å². The maximum absolute atomic E-state index is 12.3. The average molecular weight is 329 g/mol. The summed E-state index contributed by atoms with van der Waals surface area (Å²) in [6.45, 7) is 2.83. The molecule has 0 atom stereocenters. The van der Waals surface area contributed by atoms with Crippen LogP contribution in [0.4, 0.5) is 5.82 Å². The first-order valence-electron chi connectivity index (χ1n) is 7.76. The van der Waals surface area contributed by atoms with Gasteiger partial charge in [0.15, 0.2) is 17.3 Å². The van der Waals surface area contributed by atoms with Crippen molar-refractivity contribution in [3.05, 3.63) is 35.5 Å². The highest BCUT2D eigenvalue weighted by atomic mass is 16.6. The number of anilines is 1. The maximum atomic E-state index is 12.3.